The van der Waals surface area contributed by atoms with E-state index in [9.17, 15) is 13.2 Å². The van der Waals surface area contributed by atoms with Crippen molar-refractivity contribution in [2.24, 2.45) is 7.05 Å². The highest BCUT2D eigenvalue weighted by atomic mass is 19.4. The first-order chi connectivity index (χ1) is 9.91. The fraction of sp³-hybridized carbons (Fsp3) is 0.400. The number of hydrogen-bond acceptors (Lipinski definition) is 2. The summed E-state index contributed by atoms with van der Waals surface area (Å²) in [4.78, 5) is 0. The minimum atomic E-state index is -4.31. The van der Waals surface area contributed by atoms with Crippen molar-refractivity contribution in [3.63, 3.8) is 0 Å². The molecule has 1 aromatic carbocycles. The van der Waals surface area contributed by atoms with Gasteiger partial charge in [-0.2, -0.15) is 18.3 Å². The van der Waals surface area contributed by atoms with Gasteiger partial charge in [0.05, 0.1) is 5.56 Å². The molecular formula is C15H18F3N3. The summed E-state index contributed by atoms with van der Waals surface area (Å²) in [5.74, 6) is 0. The number of nitrogens with zero attached hydrogens (tertiary/aromatic N) is 2. The highest BCUT2D eigenvalue weighted by Crippen LogP contribution is 2.31. The Hall–Kier alpha value is -1.82. The van der Waals surface area contributed by atoms with Crippen LogP contribution in [0, 0.1) is 0 Å². The second-order valence-corrected chi connectivity index (χ2v) is 4.95. The third-order valence-electron chi connectivity index (χ3n) is 3.58. The Morgan fingerprint density at radius 3 is 2.62 bits per heavy atom. The van der Waals surface area contributed by atoms with Crippen LogP contribution in [0.5, 0.6) is 0 Å². The van der Waals surface area contributed by atoms with Crippen molar-refractivity contribution in [1.29, 1.82) is 0 Å². The minimum absolute atomic E-state index is 0.123. The molecule has 114 valence electrons. The molecule has 2 rings (SSSR count). The molecule has 1 N–H and O–H groups in total. The molecule has 21 heavy (non-hydrogen) atoms. The number of nitrogens with one attached hydrogen (secondary N) is 1. The van der Waals surface area contributed by atoms with E-state index in [2.05, 4.69) is 10.4 Å². The lowest BCUT2D eigenvalue weighted by Gasteiger charge is -2.18. The van der Waals surface area contributed by atoms with Crippen LogP contribution in [0.25, 0.3) is 0 Å². The summed E-state index contributed by atoms with van der Waals surface area (Å²) in [6.45, 7) is 0. The molecule has 6 heteroatoms. The molecule has 0 amide bonds. The van der Waals surface area contributed by atoms with Crippen molar-refractivity contribution < 1.29 is 13.2 Å². The van der Waals surface area contributed by atoms with Gasteiger partial charge in [-0.05, 0) is 43.7 Å². The van der Waals surface area contributed by atoms with E-state index in [0.29, 0.717) is 12.0 Å². The summed E-state index contributed by atoms with van der Waals surface area (Å²) in [5.41, 5.74) is 1.09. The summed E-state index contributed by atoms with van der Waals surface area (Å²) in [6.07, 6.45) is -1.14. The first-order valence-corrected chi connectivity index (χ1v) is 6.73. The monoisotopic (exact) mass is 297 g/mol. The molecule has 0 radical (unpaired) electrons. The molecule has 1 aromatic heterocycles. The summed E-state index contributed by atoms with van der Waals surface area (Å²) in [6, 6.07) is 7.27. The molecule has 0 spiro atoms. The van der Waals surface area contributed by atoms with Gasteiger partial charge in [0, 0.05) is 25.0 Å². The van der Waals surface area contributed by atoms with E-state index in [1.165, 1.54) is 12.1 Å². The van der Waals surface area contributed by atoms with Gasteiger partial charge in [-0.3, -0.25) is 4.68 Å². The van der Waals surface area contributed by atoms with Crippen LogP contribution >= 0.6 is 0 Å². The fourth-order valence-corrected chi connectivity index (χ4v) is 2.35. The number of benzene rings is 1. The minimum Gasteiger partial charge on any atom is -0.313 e. The Labute approximate surface area is 121 Å². The molecular weight excluding hydrogens is 279 g/mol. The molecule has 0 aliphatic rings. The van der Waals surface area contributed by atoms with Crippen molar-refractivity contribution in [3.05, 3.63) is 53.3 Å². The number of alkyl halides is 3. The number of aromatic nitrogens is 2. The molecule has 1 atom stereocenters. The standard InChI is InChI=1S/C15H18F3N3/c1-19-14(7-6-13-8-9-20-21(13)2)11-4-3-5-12(10-11)15(16,17)18/h3-5,8-10,14,19H,6-7H2,1-2H3. The number of halogens is 3. The van der Waals surface area contributed by atoms with Crippen molar-refractivity contribution in [2.45, 2.75) is 25.1 Å². The summed E-state index contributed by atoms with van der Waals surface area (Å²) < 4.78 is 40.1. The number of rotatable bonds is 5. The van der Waals surface area contributed by atoms with Gasteiger partial charge in [0.15, 0.2) is 0 Å². The van der Waals surface area contributed by atoms with Gasteiger partial charge < -0.3 is 5.32 Å². The Morgan fingerprint density at radius 1 is 1.29 bits per heavy atom. The van der Waals surface area contributed by atoms with E-state index in [4.69, 9.17) is 0 Å². The Balaban J connectivity index is 2.12. The van der Waals surface area contributed by atoms with Crippen LogP contribution in [0.3, 0.4) is 0 Å². The predicted octanol–water partition coefficient (Wildman–Crippen LogP) is 3.33. The lowest BCUT2D eigenvalue weighted by Crippen LogP contribution is -2.18. The van der Waals surface area contributed by atoms with Gasteiger partial charge in [-0.15, -0.1) is 0 Å². The van der Waals surface area contributed by atoms with E-state index in [1.54, 1.807) is 24.0 Å². The molecule has 0 saturated heterocycles. The normalized spacial score (nSPS) is 13.4. The Bertz CT molecular complexity index is 590. The molecule has 0 aliphatic carbocycles. The highest BCUT2D eigenvalue weighted by Gasteiger charge is 2.30. The van der Waals surface area contributed by atoms with E-state index < -0.39 is 11.7 Å². The van der Waals surface area contributed by atoms with Gasteiger partial charge >= 0.3 is 6.18 Å². The highest BCUT2D eigenvalue weighted by molar-refractivity contribution is 5.28. The second-order valence-electron chi connectivity index (χ2n) is 4.95. The van der Waals surface area contributed by atoms with Crippen molar-refractivity contribution in [2.75, 3.05) is 7.05 Å². The van der Waals surface area contributed by atoms with Crippen LogP contribution in [0.2, 0.25) is 0 Å². The molecule has 0 fully saturated rings. The molecule has 1 unspecified atom stereocenters. The largest absolute Gasteiger partial charge is 0.416 e. The zero-order chi connectivity index (χ0) is 15.5. The zero-order valence-corrected chi connectivity index (χ0v) is 12.0. The molecule has 1 heterocycles. The average Bonchev–Trinajstić information content (AvgIpc) is 2.84. The Kier molecular flexibility index (Phi) is 4.67. The van der Waals surface area contributed by atoms with E-state index >= 15 is 0 Å². The summed E-state index contributed by atoms with van der Waals surface area (Å²) >= 11 is 0. The van der Waals surface area contributed by atoms with Crippen LogP contribution in [-0.2, 0) is 19.6 Å². The van der Waals surface area contributed by atoms with Crippen LogP contribution < -0.4 is 5.32 Å². The maximum Gasteiger partial charge on any atom is 0.416 e. The Morgan fingerprint density at radius 2 is 2.05 bits per heavy atom. The maximum atomic E-state index is 12.8. The maximum absolute atomic E-state index is 12.8. The molecule has 0 saturated carbocycles. The van der Waals surface area contributed by atoms with Gasteiger partial charge in [0.2, 0.25) is 0 Å². The summed E-state index contributed by atoms with van der Waals surface area (Å²) in [5, 5.41) is 7.17. The van der Waals surface area contributed by atoms with E-state index in [1.807, 2.05) is 13.1 Å². The number of hydrogen-bond donors (Lipinski definition) is 1. The first-order valence-electron chi connectivity index (χ1n) is 6.73. The third-order valence-corrected chi connectivity index (χ3v) is 3.58. The molecule has 3 nitrogen and oxygen atoms in total. The van der Waals surface area contributed by atoms with Gasteiger partial charge in [0.25, 0.3) is 0 Å². The topological polar surface area (TPSA) is 29.9 Å². The fourth-order valence-electron chi connectivity index (χ4n) is 2.35. The van der Waals surface area contributed by atoms with Gasteiger partial charge in [0.1, 0.15) is 0 Å². The van der Waals surface area contributed by atoms with Gasteiger partial charge in [-0.1, -0.05) is 12.1 Å². The quantitative estimate of drug-likeness (QED) is 0.917. The van der Waals surface area contributed by atoms with Crippen molar-refractivity contribution in [1.82, 2.24) is 15.1 Å². The smallest absolute Gasteiger partial charge is 0.313 e. The van der Waals surface area contributed by atoms with Crippen LogP contribution in [0.4, 0.5) is 13.2 Å². The van der Waals surface area contributed by atoms with Crippen LogP contribution in [-0.4, -0.2) is 16.8 Å². The van der Waals surface area contributed by atoms with Crippen molar-refractivity contribution >= 4 is 0 Å². The van der Waals surface area contributed by atoms with E-state index in [-0.39, 0.29) is 6.04 Å². The first kappa shape index (κ1) is 15.6. The van der Waals surface area contributed by atoms with Crippen molar-refractivity contribution in [3.8, 4) is 0 Å². The average molecular weight is 297 g/mol. The molecule has 2 aromatic rings. The van der Waals surface area contributed by atoms with Crippen LogP contribution in [0.15, 0.2) is 36.5 Å². The lowest BCUT2D eigenvalue weighted by atomic mass is 9.99. The predicted molar refractivity (Wildman–Crippen MR) is 74.8 cm³/mol. The third kappa shape index (κ3) is 3.85. The van der Waals surface area contributed by atoms with Gasteiger partial charge in [-0.25, -0.2) is 0 Å². The lowest BCUT2D eigenvalue weighted by molar-refractivity contribution is -0.137. The zero-order valence-electron chi connectivity index (χ0n) is 12.0. The summed E-state index contributed by atoms with van der Waals surface area (Å²) in [7, 11) is 3.61. The molecule has 0 bridgehead atoms. The van der Waals surface area contributed by atoms with E-state index in [0.717, 1.165) is 18.2 Å². The van der Waals surface area contributed by atoms with Crippen LogP contribution in [0.1, 0.15) is 29.3 Å². The number of aryl methyl sites for hydroxylation is 2. The second kappa shape index (κ2) is 6.30. The SMILES string of the molecule is CNC(CCc1ccnn1C)c1cccc(C(F)(F)F)c1. The molecule has 0 aliphatic heterocycles.